The van der Waals surface area contributed by atoms with Gasteiger partial charge in [-0.05, 0) is 18.6 Å². The highest BCUT2D eigenvalue weighted by molar-refractivity contribution is 7.99. The summed E-state index contributed by atoms with van der Waals surface area (Å²) in [5.74, 6) is 1.09. The summed E-state index contributed by atoms with van der Waals surface area (Å²) in [4.78, 5) is 0. The summed E-state index contributed by atoms with van der Waals surface area (Å²) in [6.45, 7) is 3.97. The van der Waals surface area contributed by atoms with E-state index < -0.39 is 0 Å². The first-order valence-electron chi connectivity index (χ1n) is 5.78. The first-order chi connectivity index (χ1) is 8.50. The fraction of sp³-hybridized carbons (Fsp3) is 0.417. The maximum Gasteiger partial charge on any atom is 0.195 e. The van der Waals surface area contributed by atoms with Gasteiger partial charge in [-0.1, -0.05) is 31.7 Å². The average molecular weight is 263 g/mol. The van der Waals surface area contributed by atoms with Crippen molar-refractivity contribution in [2.45, 2.75) is 25.4 Å². The molecule has 0 aromatic carbocycles. The molecule has 2 heterocycles. The van der Waals surface area contributed by atoms with Crippen LogP contribution in [0.2, 0.25) is 0 Å². The molecule has 0 unspecified atom stereocenters. The number of amidine groups is 1. The van der Waals surface area contributed by atoms with Gasteiger partial charge in [0.15, 0.2) is 10.8 Å². The SMILES string of the molecule is CC(C)(CCSc1nnc2ccccn12)C(=N)N. The predicted molar refractivity (Wildman–Crippen MR) is 74.0 cm³/mol. The van der Waals surface area contributed by atoms with Gasteiger partial charge in [0.25, 0.3) is 0 Å². The number of fused-ring (bicyclic) bond motifs is 1. The molecule has 5 nitrogen and oxygen atoms in total. The first kappa shape index (κ1) is 12.9. The van der Waals surface area contributed by atoms with Crippen LogP contribution in [0.1, 0.15) is 20.3 Å². The Balaban J connectivity index is 2.01. The molecule has 0 aliphatic rings. The third-order valence-corrected chi connectivity index (χ3v) is 3.91. The molecule has 0 atom stereocenters. The molecular formula is C12H17N5S. The highest BCUT2D eigenvalue weighted by Crippen LogP contribution is 2.25. The van der Waals surface area contributed by atoms with E-state index in [1.807, 2.05) is 42.6 Å². The molecule has 0 aliphatic heterocycles. The number of nitrogens with zero attached hydrogens (tertiary/aromatic N) is 3. The normalized spacial score (nSPS) is 11.9. The van der Waals surface area contributed by atoms with Crippen molar-refractivity contribution in [3.63, 3.8) is 0 Å². The fourth-order valence-corrected chi connectivity index (χ4v) is 2.64. The fourth-order valence-electron chi connectivity index (χ4n) is 1.45. The molecular weight excluding hydrogens is 246 g/mol. The van der Waals surface area contributed by atoms with Crippen LogP contribution in [0.25, 0.3) is 5.65 Å². The van der Waals surface area contributed by atoms with E-state index in [1.54, 1.807) is 11.8 Å². The van der Waals surface area contributed by atoms with Gasteiger partial charge >= 0.3 is 0 Å². The molecule has 0 radical (unpaired) electrons. The number of hydrogen-bond acceptors (Lipinski definition) is 4. The number of aromatic nitrogens is 3. The summed E-state index contributed by atoms with van der Waals surface area (Å²) in [5, 5.41) is 16.6. The van der Waals surface area contributed by atoms with E-state index in [4.69, 9.17) is 11.1 Å². The van der Waals surface area contributed by atoms with Gasteiger partial charge in [0.1, 0.15) is 0 Å². The van der Waals surface area contributed by atoms with Crippen LogP contribution in [-0.2, 0) is 0 Å². The van der Waals surface area contributed by atoms with E-state index in [-0.39, 0.29) is 11.3 Å². The Kier molecular flexibility index (Phi) is 3.56. The third kappa shape index (κ3) is 2.64. The molecule has 3 N–H and O–H groups in total. The highest BCUT2D eigenvalue weighted by atomic mass is 32.2. The molecule has 2 aromatic rings. The van der Waals surface area contributed by atoms with Crippen LogP contribution >= 0.6 is 11.8 Å². The van der Waals surface area contributed by atoms with Gasteiger partial charge in [-0.3, -0.25) is 9.81 Å². The molecule has 0 fully saturated rings. The number of thioether (sulfide) groups is 1. The Bertz CT molecular complexity index is 560. The van der Waals surface area contributed by atoms with Crippen LogP contribution in [0, 0.1) is 10.8 Å². The standard InChI is InChI=1S/C12H17N5S/c1-12(2,10(13)14)6-8-18-11-16-15-9-5-3-4-7-17(9)11/h3-5,7H,6,8H2,1-2H3,(H3,13,14). The van der Waals surface area contributed by atoms with E-state index in [9.17, 15) is 0 Å². The van der Waals surface area contributed by atoms with E-state index in [0.717, 1.165) is 23.0 Å². The van der Waals surface area contributed by atoms with Crippen molar-refractivity contribution in [1.82, 2.24) is 14.6 Å². The number of pyridine rings is 1. The zero-order valence-corrected chi connectivity index (χ0v) is 11.4. The molecule has 2 rings (SSSR count). The maximum atomic E-state index is 7.52. The smallest absolute Gasteiger partial charge is 0.195 e. The minimum absolute atomic E-state index is 0.231. The van der Waals surface area contributed by atoms with E-state index >= 15 is 0 Å². The number of nitrogens with two attached hydrogens (primary N) is 1. The summed E-state index contributed by atoms with van der Waals surface area (Å²) in [6.07, 6.45) is 2.79. The van der Waals surface area contributed by atoms with Crippen molar-refractivity contribution in [2.24, 2.45) is 11.1 Å². The van der Waals surface area contributed by atoms with Crippen LogP contribution in [0.5, 0.6) is 0 Å². The molecule has 0 saturated heterocycles. The molecule has 18 heavy (non-hydrogen) atoms. The Hall–Kier alpha value is -1.56. The number of hydrogen-bond donors (Lipinski definition) is 2. The maximum absolute atomic E-state index is 7.52. The second-order valence-corrected chi connectivity index (χ2v) is 5.87. The summed E-state index contributed by atoms with van der Waals surface area (Å²) in [6, 6.07) is 5.83. The molecule has 0 spiro atoms. The van der Waals surface area contributed by atoms with E-state index in [0.29, 0.717) is 0 Å². The minimum Gasteiger partial charge on any atom is -0.387 e. The van der Waals surface area contributed by atoms with Crippen LogP contribution < -0.4 is 5.73 Å². The van der Waals surface area contributed by atoms with Crippen LogP contribution in [-0.4, -0.2) is 26.2 Å². The Morgan fingerprint density at radius 2 is 2.22 bits per heavy atom. The van der Waals surface area contributed by atoms with Gasteiger partial charge in [-0.2, -0.15) is 0 Å². The first-order valence-corrected chi connectivity index (χ1v) is 6.76. The molecule has 96 valence electrons. The lowest BCUT2D eigenvalue weighted by Crippen LogP contribution is -2.31. The lowest BCUT2D eigenvalue weighted by molar-refractivity contribution is 0.500. The Morgan fingerprint density at radius 3 is 2.94 bits per heavy atom. The largest absolute Gasteiger partial charge is 0.387 e. The lowest BCUT2D eigenvalue weighted by Gasteiger charge is -2.22. The van der Waals surface area contributed by atoms with Crippen molar-refractivity contribution in [2.75, 3.05) is 5.75 Å². The van der Waals surface area contributed by atoms with Gasteiger partial charge in [0, 0.05) is 17.4 Å². The molecule has 0 amide bonds. The van der Waals surface area contributed by atoms with Crippen molar-refractivity contribution in [1.29, 1.82) is 5.41 Å². The summed E-state index contributed by atoms with van der Waals surface area (Å²) >= 11 is 1.64. The zero-order valence-electron chi connectivity index (χ0n) is 10.6. The van der Waals surface area contributed by atoms with Gasteiger partial charge in [0.05, 0.1) is 5.84 Å². The molecule has 6 heteroatoms. The zero-order chi connectivity index (χ0) is 13.2. The quantitative estimate of drug-likeness (QED) is 0.492. The van der Waals surface area contributed by atoms with Crippen molar-refractivity contribution in [3.8, 4) is 0 Å². The van der Waals surface area contributed by atoms with E-state index in [2.05, 4.69) is 10.2 Å². The second kappa shape index (κ2) is 4.97. The van der Waals surface area contributed by atoms with Gasteiger partial charge < -0.3 is 5.73 Å². The minimum atomic E-state index is -0.256. The van der Waals surface area contributed by atoms with Crippen LogP contribution in [0.3, 0.4) is 0 Å². The average Bonchev–Trinajstić information content (AvgIpc) is 2.72. The number of nitrogens with one attached hydrogen (secondary N) is 1. The third-order valence-electron chi connectivity index (χ3n) is 2.97. The summed E-state index contributed by atoms with van der Waals surface area (Å²) in [5.41, 5.74) is 6.16. The van der Waals surface area contributed by atoms with E-state index in [1.165, 1.54) is 0 Å². The van der Waals surface area contributed by atoms with Crippen molar-refractivity contribution in [3.05, 3.63) is 24.4 Å². The number of rotatable bonds is 5. The Labute approximate surface area is 110 Å². The molecule has 0 aliphatic carbocycles. The summed E-state index contributed by atoms with van der Waals surface area (Å²) < 4.78 is 1.96. The van der Waals surface area contributed by atoms with Crippen LogP contribution in [0.15, 0.2) is 29.6 Å². The Morgan fingerprint density at radius 1 is 1.44 bits per heavy atom. The van der Waals surface area contributed by atoms with Gasteiger partial charge in [-0.15, -0.1) is 10.2 Å². The highest BCUT2D eigenvalue weighted by Gasteiger charge is 2.21. The van der Waals surface area contributed by atoms with Crippen molar-refractivity contribution < 1.29 is 0 Å². The van der Waals surface area contributed by atoms with Crippen LogP contribution in [0.4, 0.5) is 0 Å². The second-order valence-electron chi connectivity index (χ2n) is 4.81. The molecule has 0 saturated carbocycles. The topological polar surface area (TPSA) is 80.1 Å². The summed E-state index contributed by atoms with van der Waals surface area (Å²) in [7, 11) is 0. The monoisotopic (exact) mass is 263 g/mol. The van der Waals surface area contributed by atoms with Gasteiger partial charge in [-0.25, -0.2) is 0 Å². The molecule has 0 bridgehead atoms. The van der Waals surface area contributed by atoms with Gasteiger partial charge in [0.2, 0.25) is 0 Å². The lowest BCUT2D eigenvalue weighted by atomic mass is 9.89. The molecule has 2 aromatic heterocycles. The predicted octanol–water partition coefficient (Wildman–Crippen LogP) is 2.17. The van der Waals surface area contributed by atoms with Crippen molar-refractivity contribution >= 4 is 23.2 Å².